The SMILES string of the molecule is Cc1ccc(-c2cc(-c3cc(-c4ccccc4)c(C)cn3)cc(N(c3cc(-c4cc(-c5ccccc5)c(C)cn4)cc(-c4ccc(C)s4)c3)c3ccccc3-c3ccccc3)c2)s1. The largest absolute Gasteiger partial charge is 0.310 e. The van der Waals surface area contributed by atoms with E-state index in [1.807, 2.05) is 35.1 Å². The summed E-state index contributed by atoms with van der Waals surface area (Å²) in [5, 5.41) is 0. The topological polar surface area (TPSA) is 29.0 Å². The Morgan fingerprint density at radius 1 is 0.349 bits per heavy atom. The monoisotopic (exact) mass is 847 g/mol. The quantitative estimate of drug-likeness (QED) is 0.137. The van der Waals surface area contributed by atoms with E-state index in [1.54, 1.807) is 0 Å². The minimum atomic E-state index is 0.924. The molecule has 4 heterocycles. The van der Waals surface area contributed by atoms with Crippen molar-refractivity contribution in [1.82, 2.24) is 9.97 Å². The Morgan fingerprint density at radius 2 is 0.746 bits per heavy atom. The molecule has 0 aliphatic carbocycles. The van der Waals surface area contributed by atoms with Crippen LogP contribution in [0.25, 0.3) is 76.8 Å². The van der Waals surface area contributed by atoms with E-state index in [2.05, 4.69) is 221 Å². The number of nitrogens with zero attached hydrogens (tertiary/aromatic N) is 3. The molecule has 0 saturated carbocycles. The fourth-order valence-corrected chi connectivity index (χ4v) is 10.1. The molecule has 0 bridgehead atoms. The molecule has 0 spiro atoms. The number of hydrogen-bond donors (Lipinski definition) is 0. The minimum Gasteiger partial charge on any atom is -0.310 e. The van der Waals surface area contributed by atoms with Crippen molar-refractivity contribution in [2.75, 3.05) is 4.90 Å². The molecule has 4 aromatic heterocycles. The van der Waals surface area contributed by atoms with E-state index >= 15 is 0 Å². The van der Waals surface area contributed by atoms with Gasteiger partial charge >= 0.3 is 0 Å². The van der Waals surface area contributed by atoms with Crippen molar-refractivity contribution in [3.8, 4) is 76.8 Å². The highest BCUT2D eigenvalue weighted by Gasteiger charge is 2.22. The Morgan fingerprint density at radius 3 is 1.17 bits per heavy atom. The van der Waals surface area contributed by atoms with Crippen molar-refractivity contribution >= 4 is 39.7 Å². The Kier molecular flexibility index (Phi) is 11.0. The normalized spacial score (nSPS) is 11.2. The van der Waals surface area contributed by atoms with E-state index in [1.165, 1.54) is 41.8 Å². The summed E-state index contributed by atoms with van der Waals surface area (Å²) in [7, 11) is 0. The van der Waals surface area contributed by atoms with Gasteiger partial charge in [-0.05, 0) is 157 Å². The first-order valence-corrected chi connectivity index (χ1v) is 22.9. The third-order valence-corrected chi connectivity index (χ3v) is 13.7. The van der Waals surface area contributed by atoms with Gasteiger partial charge in [-0.2, -0.15) is 0 Å². The molecular formula is C58H45N3S2. The van der Waals surface area contributed by atoms with E-state index in [9.17, 15) is 0 Å². The molecule has 63 heavy (non-hydrogen) atoms. The molecule has 0 atom stereocenters. The van der Waals surface area contributed by atoms with Gasteiger partial charge in [-0.3, -0.25) is 9.97 Å². The molecule has 5 heteroatoms. The van der Waals surface area contributed by atoms with Crippen molar-refractivity contribution in [2.45, 2.75) is 27.7 Å². The second-order valence-corrected chi connectivity index (χ2v) is 18.7. The van der Waals surface area contributed by atoms with Gasteiger partial charge in [0.15, 0.2) is 0 Å². The number of aryl methyl sites for hydroxylation is 4. The third-order valence-electron chi connectivity index (χ3n) is 11.6. The zero-order valence-electron chi connectivity index (χ0n) is 35.7. The van der Waals surface area contributed by atoms with Crippen molar-refractivity contribution < 1.29 is 0 Å². The van der Waals surface area contributed by atoms with Crippen LogP contribution in [0.4, 0.5) is 17.1 Å². The number of rotatable bonds is 10. The zero-order chi connectivity index (χ0) is 42.9. The van der Waals surface area contributed by atoms with Crippen LogP contribution < -0.4 is 4.90 Å². The number of para-hydroxylation sites is 1. The van der Waals surface area contributed by atoms with Crippen molar-refractivity contribution in [3.05, 3.63) is 221 Å². The highest BCUT2D eigenvalue weighted by molar-refractivity contribution is 7.15. The molecule has 0 aliphatic heterocycles. The summed E-state index contributed by atoms with van der Waals surface area (Å²) < 4.78 is 0. The molecule has 6 aromatic carbocycles. The standard InChI is InChI=1S/C58H45N3S2/c1-38-36-59-54(34-52(38)43-18-10-6-11-19-43)45-28-47(57-26-24-40(3)62-57)32-49(30-45)61(56-23-15-14-22-51(56)42-16-8-5-9-17-42)50-31-46(29-48(33-50)58-27-25-41(4)63-58)55-35-53(39(2)37-60-55)44-20-12-7-13-21-44/h5-37H,1-4H3. The van der Waals surface area contributed by atoms with Gasteiger partial charge in [-0.15, -0.1) is 22.7 Å². The number of benzene rings is 6. The summed E-state index contributed by atoms with van der Waals surface area (Å²) in [4.78, 5) is 17.6. The average Bonchev–Trinajstić information content (AvgIpc) is 3.98. The van der Waals surface area contributed by atoms with Crippen molar-refractivity contribution in [2.24, 2.45) is 0 Å². The molecule has 0 fully saturated rings. The van der Waals surface area contributed by atoms with E-state index < -0.39 is 0 Å². The number of anilines is 3. The first kappa shape index (κ1) is 39.9. The molecule has 0 aliphatic rings. The lowest BCUT2D eigenvalue weighted by atomic mass is 9.96. The van der Waals surface area contributed by atoms with Gasteiger partial charge < -0.3 is 4.90 Å². The Labute approximate surface area is 378 Å². The second-order valence-electron chi connectivity index (χ2n) is 16.1. The van der Waals surface area contributed by atoms with E-state index in [0.29, 0.717) is 0 Å². The van der Waals surface area contributed by atoms with Crippen LogP contribution in [0, 0.1) is 27.7 Å². The van der Waals surface area contributed by atoms with Crippen LogP contribution in [0.2, 0.25) is 0 Å². The molecule has 3 nitrogen and oxygen atoms in total. The lowest BCUT2D eigenvalue weighted by Crippen LogP contribution is -2.12. The van der Waals surface area contributed by atoms with Gasteiger partial charge in [-0.25, -0.2) is 0 Å². The highest BCUT2D eigenvalue weighted by Crippen LogP contribution is 2.47. The summed E-state index contributed by atoms with van der Waals surface area (Å²) in [6.45, 7) is 8.64. The fourth-order valence-electron chi connectivity index (χ4n) is 8.42. The number of hydrogen-bond acceptors (Lipinski definition) is 5. The summed E-state index contributed by atoms with van der Waals surface area (Å²) in [5.74, 6) is 0. The fraction of sp³-hybridized carbons (Fsp3) is 0.0690. The van der Waals surface area contributed by atoms with Crippen LogP contribution >= 0.6 is 22.7 Å². The summed E-state index contributed by atoms with van der Waals surface area (Å²) in [6.07, 6.45) is 4.03. The smallest absolute Gasteiger partial charge is 0.0709 e. The van der Waals surface area contributed by atoms with Crippen molar-refractivity contribution in [3.63, 3.8) is 0 Å². The van der Waals surface area contributed by atoms with Crippen molar-refractivity contribution in [1.29, 1.82) is 0 Å². The maximum atomic E-state index is 5.11. The molecule has 0 N–H and O–H groups in total. The van der Waals surface area contributed by atoms with Crippen LogP contribution in [0.15, 0.2) is 200 Å². The van der Waals surface area contributed by atoms with E-state index in [4.69, 9.17) is 9.97 Å². The van der Waals surface area contributed by atoms with Gasteiger partial charge in [0.25, 0.3) is 0 Å². The summed E-state index contributed by atoms with van der Waals surface area (Å²) >= 11 is 3.63. The van der Waals surface area contributed by atoms with Gasteiger partial charge in [0.05, 0.1) is 17.1 Å². The van der Waals surface area contributed by atoms with Crippen LogP contribution in [0.5, 0.6) is 0 Å². The maximum absolute atomic E-state index is 5.11. The first-order chi connectivity index (χ1) is 30.8. The van der Waals surface area contributed by atoms with Gasteiger partial charge in [0, 0.05) is 60.0 Å². The molecule has 10 rings (SSSR count). The molecule has 0 amide bonds. The Hall–Kier alpha value is -7.18. The lowest BCUT2D eigenvalue weighted by Gasteiger charge is -2.30. The van der Waals surface area contributed by atoms with Crippen LogP contribution in [-0.2, 0) is 0 Å². The molecule has 0 radical (unpaired) electrons. The van der Waals surface area contributed by atoms with E-state index in [0.717, 1.165) is 73.0 Å². The predicted octanol–water partition coefficient (Wildman–Crippen LogP) is 17.0. The minimum absolute atomic E-state index is 0.924. The van der Waals surface area contributed by atoms with Gasteiger partial charge in [0.2, 0.25) is 0 Å². The second kappa shape index (κ2) is 17.3. The number of thiophene rings is 2. The average molecular weight is 848 g/mol. The lowest BCUT2D eigenvalue weighted by molar-refractivity contribution is 1.25. The molecular weight excluding hydrogens is 803 g/mol. The molecule has 304 valence electrons. The highest BCUT2D eigenvalue weighted by atomic mass is 32.1. The molecule has 10 aromatic rings. The predicted molar refractivity (Wildman–Crippen MR) is 269 cm³/mol. The zero-order valence-corrected chi connectivity index (χ0v) is 37.3. The van der Waals surface area contributed by atoms with E-state index in [-0.39, 0.29) is 0 Å². The summed E-state index contributed by atoms with van der Waals surface area (Å²) in [5.41, 5.74) is 18.6. The number of pyridine rings is 2. The van der Waals surface area contributed by atoms with Crippen LogP contribution in [-0.4, -0.2) is 9.97 Å². The maximum Gasteiger partial charge on any atom is 0.0709 e. The van der Waals surface area contributed by atoms with Gasteiger partial charge in [0.1, 0.15) is 0 Å². The molecule has 0 saturated heterocycles. The number of aromatic nitrogens is 2. The summed E-state index contributed by atoms with van der Waals surface area (Å²) in [6, 6.07) is 68.1. The first-order valence-electron chi connectivity index (χ1n) is 21.3. The molecule has 0 unspecified atom stereocenters. The van der Waals surface area contributed by atoms with Gasteiger partial charge in [-0.1, -0.05) is 109 Å². The third kappa shape index (κ3) is 8.29. The Balaban J connectivity index is 1.25. The van der Waals surface area contributed by atoms with Crippen LogP contribution in [0.3, 0.4) is 0 Å². The van der Waals surface area contributed by atoms with Crippen LogP contribution in [0.1, 0.15) is 20.9 Å². The Bertz CT molecular complexity index is 3040.